The van der Waals surface area contributed by atoms with E-state index in [-0.39, 0.29) is 57.8 Å². The molecule has 0 spiro atoms. The zero-order chi connectivity index (χ0) is 40.0. The van der Waals surface area contributed by atoms with Crippen LogP contribution in [0.3, 0.4) is 0 Å². The zero-order valence-corrected chi connectivity index (χ0v) is 33.6. The molecule has 1 aliphatic carbocycles. The number of rotatable bonds is 21. The minimum atomic E-state index is -0.909. The summed E-state index contributed by atoms with van der Waals surface area (Å²) < 4.78 is 25.6. The molecule has 1 aliphatic heterocycles. The van der Waals surface area contributed by atoms with Crippen LogP contribution < -0.4 is 20.1 Å². The maximum atomic E-state index is 14.7. The van der Waals surface area contributed by atoms with Gasteiger partial charge < -0.3 is 38.9 Å². The van der Waals surface area contributed by atoms with E-state index in [2.05, 4.69) is 78.9 Å². The van der Waals surface area contributed by atoms with Crippen LogP contribution in [0, 0.1) is 0 Å². The van der Waals surface area contributed by atoms with Crippen molar-refractivity contribution < 1.29 is 38.1 Å². The Balaban J connectivity index is 1.69. The summed E-state index contributed by atoms with van der Waals surface area (Å²) in [6.07, 6.45) is -0.0551. The number of nitrogens with zero attached hydrogens (tertiary/aromatic N) is 3. The highest BCUT2D eigenvalue weighted by atomic mass is 16.5. The largest absolute Gasteiger partial charge is 0.481 e. The fourth-order valence-electron chi connectivity index (χ4n) is 6.55. The van der Waals surface area contributed by atoms with E-state index in [0.29, 0.717) is 18.8 Å². The van der Waals surface area contributed by atoms with E-state index in [1.165, 1.54) is 4.90 Å². The van der Waals surface area contributed by atoms with Crippen LogP contribution in [0.2, 0.25) is 0 Å². The molecule has 12 nitrogen and oxygen atoms in total. The predicted octanol–water partition coefficient (Wildman–Crippen LogP) is 5.74. The number of carbonyl (C=O) groups excluding carboxylic acids is 2. The molecule has 0 bridgehead atoms. The first-order valence-corrected chi connectivity index (χ1v) is 19.4. The summed E-state index contributed by atoms with van der Waals surface area (Å²) in [5.74, 6) is -0.755. The molecule has 2 N–H and O–H groups in total. The molecule has 2 aliphatic rings. The first-order valence-electron chi connectivity index (χ1n) is 19.4. The van der Waals surface area contributed by atoms with Crippen molar-refractivity contribution in [2.24, 2.45) is 0 Å². The highest BCUT2D eigenvalue weighted by molar-refractivity contribution is 6.09. The number of anilines is 1. The SMILES string of the molecule is CCN(CC)c1ccc2c(-c3ccccc3C(=O)N(CCOCCOCCOCCC(=O)O)CC(=O)NC(C)(C)C)c3ccc(=[N+](CC)CC)cc-3oc2c1. The molecule has 2 aromatic rings. The van der Waals surface area contributed by atoms with Crippen LogP contribution in [0.4, 0.5) is 5.69 Å². The van der Waals surface area contributed by atoms with Crippen molar-refractivity contribution >= 4 is 34.4 Å². The number of hydrogen-bond donors (Lipinski definition) is 2. The molecular formula is C43H59N4O8+. The molecule has 0 fully saturated rings. The molecule has 2 aromatic carbocycles. The van der Waals surface area contributed by atoms with Gasteiger partial charge in [0, 0.05) is 65.1 Å². The zero-order valence-electron chi connectivity index (χ0n) is 33.6. The van der Waals surface area contributed by atoms with E-state index in [1.54, 1.807) is 0 Å². The smallest absolute Gasteiger partial charge is 0.305 e. The van der Waals surface area contributed by atoms with Crippen molar-refractivity contribution in [3.63, 3.8) is 0 Å². The lowest BCUT2D eigenvalue weighted by Gasteiger charge is -2.27. The molecule has 0 aromatic heterocycles. The second-order valence-corrected chi connectivity index (χ2v) is 14.2. The lowest BCUT2D eigenvalue weighted by Crippen LogP contribution is -2.48. The van der Waals surface area contributed by atoms with E-state index >= 15 is 0 Å². The summed E-state index contributed by atoms with van der Waals surface area (Å²) >= 11 is 0. The van der Waals surface area contributed by atoms with E-state index in [9.17, 15) is 14.4 Å². The average Bonchev–Trinajstić information content (AvgIpc) is 3.15. The average molecular weight is 760 g/mol. The van der Waals surface area contributed by atoms with Gasteiger partial charge in [-0.15, -0.1) is 0 Å². The minimum absolute atomic E-state index is 0.0551. The Bertz CT molecular complexity index is 1920. The van der Waals surface area contributed by atoms with Crippen LogP contribution >= 0.6 is 0 Å². The van der Waals surface area contributed by atoms with Gasteiger partial charge in [0.2, 0.25) is 11.3 Å². The Morgan fingerprint density at radius 1 is 0.800 bits per heavy atom. The predicted molar refractivity (Wildman–Crippen MR) is 217 cm³/mol. The number of carboxylic acid groups (broad SMARTS) is 1. The van der Waals surface area contributed by atoms with Gasteiger partial charge in [-0.1, -0.05) is 18.2 Å². The quantitative estimate of drug-likeness (QED) is 0.0620. The first kappa shape index (κ1) is 43.0. The lowest BCUT2D eigenvalue weighted by molar-refractivity contribution is -0.138. The van der Waals surface area contributed by atoms with E-state index in [1.807, 2.05) is 45.0 Å². The van der Waals surface area contributed by atoms with Gasteiger partial charge in [0.25, 0.3) is 5.91 Å². The van der Waals surface area contributed by atoms with Crippen LogP contribution in [0.5, 0.6) is 0 Å². The molecular weight excluding hydrogens is 700 g/mol. The standard InChI is InChI=1S/C43H58N4O8/c1-8-45(9-2)31-16-18-35-37(28-31)55-38-29-32(46(10-3)11-4)17-19-36(38)41(35)33-14-12-13-15-34(33)42(51)47(30-39(48)44-43(5,6)7)21-23-53-25-27-54-26-24-52-22-20-40(49)50/h12-19,28-29H,8-11,20-27,30H2,1-7H3,(H-,44,48,49,50)/p+1. The second-order valence-electron chi connectivity index (χ2n) is 14.2. The molecule has 12 heteroatoms. The highest BCUT2D eigenvalue weighted by Gasteiger charge is 2.27. The Labute approximate surface area is 325 Å². The van der Waals surface area contributed by atoms with Crippen LogP contribution in [-0.2, 0) is 23.8 Å². The summed E-state index contributed by atoms with van der Waals surface area (Å²) in [6, 6.07) is 20.1. The molecule has 0 saturated carbocycles. The van der Waals surface area contributed by atoms with Crippen molar-refractivity contribution in [1.29, 1.82) is 0 Å². The monoisotopic (exact) mass is 759 g/mol. The van der Waals surface area contributed by atoms with Crippen molar-refractivity contribution in [2.45, 2.75) is 60.4 Å². The van der Waals surface area contributed by atoms with Crippen molar-refractivity contribution in [2.75, 3.05) is 83.8 Å². The topological polar surface area (TPSA) is 134 Å². The molecule has 0 atom stereocenters. The van der Waals surface area contributed by atoms with Crippen molar-refractivity contribution in [3.8, 4) is 22.5 Å². The van der Waals surface area contributed by atoms with E-state index < -0.39 is 11.5 Å². The van der Waals surface area contributed by atoms with Crippen LogP contribution in [0.15, 0.2) is 65.1 Å². The number of carboxylic acids is 1. The molecule has 0 radical (unpaired) electrons. The first-order chi connectivity index (χ1) is 26.4. The lowest BCUT2D eigenvalue weighted by atomic mass is 9.90. The van der Waals surface area contributed by atoms with E-state index in [0.717, 1.165) is 70.6 Å². The third kappa shape index (κ3) is 12.1. The second kappa shape index (κ2) is 20.8. The molecule has 1 heterocycles. The summed E-state index contributed by atoms with van der Waals surface area (Å²) in [7, 11) is 0. The van der Waals surface area contributed by atoms with Gasteiger partial charge >= 0.3 is 5.97 Å². The van der Waals surface area contributed by atoms with Crippen molar-refractivity contribution in [3.05, 3.63) is 71.6 Å². The maximum absolute atomic E-state index is 14.7. The third-order valence-electron chi connectivity index (χ3n) is 9.22. The van der Waals surface area contributed by atoms with Crippen molar-refractivity contribution in [1.82, 2.24) is 14.8 Å². The molecule has 298 valence electrons. The summed E-state index contributed by atoms with van der Waals surface area (Å²) in [5.41, 5.74) is 4.27. The maximum Gasteiger partial charge on any atom is 0.305 e. The van der Waals surface area contributed by atoms with Gasteiger partial charge in [-0.05, 0) is 78.3 Å². The molecule has 0 unspecified atom stereocenters. The minimum Gasteiger partial charge on any atom is -0.481 e. The highest BCUT2D eigenvalue weighted by Crippen LogP contribution is 2.42. The van der Waals surface area contributed by atoms with Gasteiger partial charge in [-0.25, -0.2) is 4.58 Å². The summed E-state index contributed by atoms with van der Waals surface area (Å²) in [4.78, 5) is 42.4. The van der Waals surface area contributed by atoms with Gasteiger partial charge in [0.1, 0.15) is 24.4 Å². The van der Waals surface area contributed by atoms with Gasteiger partial charge in [-0.2, -0.15) is 0 Å². The van der Waals surface area contributed by atoms with Gasteiger partial charge in [-0.3, -0.25) is 14.4 Å². The Kier molecular flexibility index (Phi) is 16.2. The number of amides is 2. The number of hydrogen-bond acceptors (Lipinski definition) is 8. The summed E-state index contributed by atoms with van der Waals surface area (Å²) in [5, 5.41) is 13.6. The Hall–Kier alpha value is -4.78. The molecule has 2 amide bonds. The number of ether oxygens (including phenoxy) is 3. The number of nitrogens with one attached hydrogen (secondary N) is 1. The third-order valence-corrected chi connectivity index (χ3v) is 9.22. The van der Waals surface area contributed by atoms with Crippen LogP contribution in [0.25, 0.3) is 33.4 Å². The fourth-order valence-corrected chi connectivity index (χ4v) is 6.55. The van der Waals surface area contributed by atoms with E-state index in [4.69, 9.17) is 23.7 Å². The fraction of sp³-hybridized carbons (Fsp3) is 0.488. The number of fused-ring (bicyclic) bond motifs is 2. The molecule has 4 rings (SSSR count). The molecule has 0 saturated heterocycles. The Morgan fingerprint density at radius 3 is 2.09 bits per heavy atom. The molecule has 55 heavy (non-hydrogen) atoms. The number of benzene rings is 3. The van der Waals surface area contributed by atoms with Crippen LogP contribution in [0.1, 0.15) is 65.2 Å². The normalized spacial score (nSPS) is 11.5. The number of aliphatic carboxylic acids is 1. The Morgan fingerprint density at radius 2 is 1.45 bits per heavy atom. The van der Waals surface area contributed by atoms with Crippen LogP contribution in [-0.4, -0.2) is 112 Å². The summed E-state index contributed by atoms with van der Waals surface area (Å²) in [6.45, 7) is 19.2. The number of carbonyl (C=O) groups is 3. The van der Waals surface area contributed by atoms with Gasteiger partial charge in [0.15, 0.2) is 0 Å². The van der Waals surface area contributed by atoms with Gasteiger partial charge in [0.05, 0.1) is 58.7 Å².